The summed E-state index contributed by atoms with van der Waals surface area (Å²) in [5, 5.41) is 15.0. The van der Waals surface area contributed by atoms with Crippen molar-refractivity contribution in [3.8, 4) is 0 Å². The fourth-order valence-corrected chi connectivity index (χ4v) is 2.20. The van der Waals surface area contributed by atoms with Gasteiger partial charge in [-0.15, -0.1) is 0 Å². The van der Waals surface area contributed by atoms with E-state index in [1.807, 2.05) is 6.92 Å². The van der Waals surface area contributed by atoms with E-state index >= 15 is 0 Å². The molecule has 1 amide bonds. The molecule has 1 fully saturated rings. The number of carboxylic acid groups (broad SMARTS) is 1. The summed E-state index contributed by atoms with van der Waals surface area (Å²) in [5.74, 6) is -1.07. The molecule has 1 heterocycles. The Balaban J connectivity index is 2.11. The Labute approximate surface area is 112 Å². The minimum Gasteiger partial charge on any atom is -0.478 e. The molecule has 5 nitrogen and oxygen atoms in total. The van der Waals surface area contributed by atoms with Crippen LogP contribution in [0.3, 0.4) is 0 Å². The Morgan fingerprint density at radius 3 is 2.84 bits per heavy atom. The standard InChI is InChI=1S/C14H18N2O3/c1-9-4-5-10(14(18)19)7-12(9)16-13(17)11-3-2-6-15-8-11/h4-5,7,11,15H,2-3,6,8H2,1H3,(H,16,17)(H,18,19). The zero-order chi connectivity index (χ0) is 13.8. The van der Waals surface area contributed by atoms with E-state index < -0.39 is 5.97 Å². The van der Waals surface area contributed by atoms with Crippen molar-refractivity contribution in [3.63, 3.8) is 0 Å². The van der Waals surface area contributed by atoms with Gasteiger partial charge in [0, 0.05) is 12.2 Å². The highest BCUT2D eigenvalue weighted by molar-refractivity contribution is 5.95. The number of nitrogens with one attached hydrogen (secondary N) is 2. The number of hydrogen-bond donors (Lipinski definition) is 3. The summed E-state index contributed by atoms with van der Waals surface area (Å²) in [5.41, 5.74) is 1.63. The van der Waals surface area contributed by atoms with Crippen LogP contribution in [0, 0.1) is 12.8 Å². The lowest BCUT2D eigenvalue weighted by Gasteiger charge is -2.22. The van der Waals surface area contributed by atoms with E-state index in [9.17, 15) is 9.59 Å². The first-order valence-electron chi connectivity index (χ1n) is 6.43. The van der Waals surface area contributed by atoms with Gasteiger partial charge in [0.05, 0.1) is 11.5 Å². The lowest BCUT2D eigenvalue weighted by Crippen LogP contribution is -2.37. The third-order valence-corrected chi connectivity index (χ3v) is 3.41. The number of benzene rings is 1. The Kier molecular flexibility index (Phi) is 4.16. The first kappa shape index (κ1) is 13.5. The largest absolute Gasteiger partial charge is 0.478 e. The third-order valence-electron chi connectivity index (χ3n) is 3.41. The molecule has 1 aliphatic rings. The van der Waals surface area contributed by atoms with E-state index in [-0.39, 0.29) is 17.4 Å². The van der Waals surface area contributed by atoms with Crippen molar-refractivity contribution >= 4 is 17.6 Å². The van der Waals surface area contributed by atoms with E-state index in [2.05, 4.69) is 10.6 Å². The Hall–Kier alpha value is -1.88. The molecule has 1 aromatic carbocycles. The van der Waals surface area contributed by atoms with Crippen LogP contribution in [-0.2, 0) is 4.79 Å². The second kappa shape index (κ2) is 5.84. The normalized spacial score (nSPS) is 18.9. The topological polar surface area (TPSA) is 78.4 Å². The second-order valence-electron chi connectivity index (χ2n) is 4.87. The summed E-state index contributed by atoms with van der Waals surface area (Å²) in [7, 11) is 0. The van der Waals surface area contributed by atoms with E-state index in [0.29, 0.717) is 12.2 Å². The summed E-state index contributed by atoms with van der Waals surface area (Å²) < 4.78 is 0. The summed E-state index contributed by atoms with van der Waals surface area (Å²) >= 11 is 0. The minimum absolute atomic E-state index is 0.0402. The van der Waals surface area contributed by atoms with Gasteiger partial charge in [0.25, 0.3) is 0 Å². The molecule has 1 aliphatic heterocycles. The predicted octanol–water partition coefficient (Wildman–Crippen LogP) is 1.63. The minimum atomic E-state index is -0.991. The van der Waals surface area contributed by atoms with Gasteiger partial charge in [-0.25, -0.2) is 4.79 Å². The van der Waals surface area contributed by atoms with E-state index in [1.54, 1.807) is 6.07 Å². The number of hydrogen-bond acceptors (Lipinski definition) is 3. The molecule has 1 atom stereocenters. The summed E-state index contributed by atoms with van der Waals surface area (Å²) in [6, 6.07) is 4.75. The van der Waals surface area contributed by atoms with Crippen molar-refractivity contribution in [2.75, 3.05) is 18.4 Å². The Morgan fingerprint density at radius 2 is 2.21 bits per heavy atom. The molecule has 0 radical (unpaired) electrons. The zero-order valence-electron chi connectivity index (χ0n) is 10.9. The number of carbonyl (C=O) groups is 2. The van der Waals surface area contributed by atoms with Crippen molar-refractivity contribution in [1.82, 2.24) is 5.32 Å². The van der Waals surface area contributed by atoms with Crippen LogP contribution >= 0.6 is 0 Å². The summed E-state index contributed by atoms with van der Waals surface area (Å²) in [6.45, 7) is 3.49. The first-order valence-corrected chi connectivity index (χ1v) is 6.43. The fourth-order valence-electron chi connectivity index (χ4n) is 2.20. The maximum atomic E-state index is 12.1. The molecule has 1 aromatic rings. The number of rotatable bonds is 3. The number of carboxylic acids is 1. The van der Waals surface area contributed by atoms with E-state index in [1.165, 1.54) is 12.1 Å². The van der Waals surface area contributed by atoms with Crippen LogP contribution in [0.1, 0.15) is 28.8 Å². The molecule has 0 saturated carbocycles. The third kappa shape index (κ3) is 3.32. The molecule has 102 valence electrons. The molecule has 1 saturated heterocycles. The van der Waals surface area contributed by atoms with Gasteiger partial charge in [0.1, 0.15) is 0 Å². The molecule has 0 spiro atoms. The molecule has 0 aliphatic carbocycles. The van der Waals surface area contributed by atoms with Crippen LogP contribution < -0.4 is 10.6 Å². The molecular formula is C14H18N2O3. The molecule has 0 aromatic heterocycles. The van der Waals surface area contributed by atoms with Crippen LogP contribution in [0.15, 0.2) is 18.2 Å². The number of aryl methyl sites for hydroxylation is 1. The van der Waals surface area contributed by atoms with Gasteiger partial charge in [-0.05, 0) is 44.0 Å². The van der Waals surface area contributed by atoms with Crippen LogP contribution in [0.5, 0.6) is 0 Å². The maximum absolute atomic E-state index is 12.1. The van der Waals surface area contributed by atoms with Gasteiger partial charge >= 0.3 is 5.97 Å². The quantitative estimate of drug-likeness (QED) is 0.773. The van der Waals surface area contributed by atoms with Crippen molar-refractivity contribution < 1.29 is 14.7 Å². The van der Waals surface area contributed by atoms with E-state index in [0.717, 1.165) is 24.9 Å². The van der Waals surface area contributed by atoms with Gasteiger partial charge in [-0.1, -0.05) is 6.07 Å². The zero-order valence-corrected chi connectivity index (χ0v) is 10.9. The fraction of sp³-hybridized carbons (Fsp3) is 0.429. The SMILES string of the molecule is Cc1ccc(C(=O)O)cc1NC(=O)C1CCCNC1. The van der Waals surface area contributed by atoms with Crippen molar-refractivity contribution in [3.05, 3.63) is 29.3 Å². The highest BCUT2D eigenvalue weighted by Crippen LogP contribution is 2.19. The van der Waals surface area contributed by atoms with Crippen molar-refractivity contribution in [2.45, 2.75) is 19.8 Å². The second-order valence-corrected chi connectivity index (χ2v) is 4.87. The highest BCUT2D eigenvalue weighted by Gasteiger charge is 2.21. The number of anilines is 1. The van der Waals surface area contributed by atoms with Crippen LogP contribution in [-0.4, -0.2) is 30.1 Å². The van der Waals surface area contributed by atoms with Gasteiger partial charge in [0.15, 0.2) is 0 Å². The van der Waals surface area contributed by atoms with Crippen molar-refractivity contribution in [2.24, 2.45) is 5.92 Å². The van der Waals surface area contributed by atoms with Crippen molar-refractivity contribution in [1.29, 1.82) is 0 Å². The van der Waals surface area contributed by atoms with Gasteiger partial charge in [-0.3, -0.25) is 4.79 Å². The molecule has 2 rings (SSSR count). The van der Waals surface area contributed by atoms with Gasteiger partial charge in [0.2, 0.25) is 5.91 Å². The molecule has 19 heavy (non-hydrogen) atoms. The Bertz CT molecular complexity index is 493. The van der Waals surface area contributed by atoms with Gasteiger partial charge in [-0.2, -0.15) is 0 Å². The van der Waals surface area contributed by atoms with Gasteiger partial charge < -0.3 is 15.7 Å². The monoisotopic (exact) mass is 262 g/mol. The molecule has 5 heteroatoms. The predicted molar refractivity (Wildman–Crippen MR) is 72.4 cm³/mol. The average molecular weight is 262 g/mol. The Morgan fingerprint density at radius 1 is 1.42 bits per heavy atom. The number of carbonyl (C=O) groups excluding carboxylic acids is 1. The summed E-state index contributed by atoms with van der Waals surface area (Å²) in [4.78, 5) is 23.0. The van der Waals surface area contributed by atoms with Crippen LogP contribution in [0.4, 0.5) is 5.69 Å². The van der Waals surface area contributed by atoms with E-state index in [4.69, 9.17) is 5.11 Å². The number of piperidine rings is 1. The first-order chi connectivity index (χ1) is 9.08. The molecular weight excluding hydrogens is 244 g/mol. The maximum Gasteiger partial charge on any atom is 0.335 e. The molecule has 0 bridgehead atoms. The molecule has 1 unspecified atom stereocenters. The highest BCUT2D eigenvalue weighted by atomic mass is 16.4. The lowest BCUT2D eigenvalue weighted by molar-refractivity contribution is -0.120. The smallest absolute Gasteiger partial charge is 0.335 e. The number of aromatic carboxylic acids is 1. The van der Waals surface area contributed by atoms with Crippen LogP contribution in [0.2, 0.25) is 0 Å². The average Bonchev–Trinajstić information content (AvgIpc) is 2.42. The van der Waals surface area contributed by atoms with Crippen LogP contribution in [0.25, 0.3) is 0 Å². The molecule has 3 N–H and O–H groups in total. The number of amides is 1. The lowest BCUT2D eigenvalue weighted by atomic mass is 9.98. The summed E-state index contributed by atoms with van der Waals surface area (Å²) in [6.07, 6.45) is 1.86.